The molecule has 0 aliphatic rings. The van der Waals surface area contributed by atoms with Crippen molar-refractivity contribution in [3.05, 3.63) is 18.7 Å². The summed E-state index contributed by atoms with van der Waals surface area (Å²) < 4.78 is 112. The zero-order valence-corrected chi connectivity index (χ0v) is 8.79. The molecule has 110 valence electrons. The molecule has 0 spiro atoms. The van der Waals surface area contributed by atoms with E-state index in [0.29, 0.717) is 10.9 Å². The molecule has 11 heteroatoms. The number of nitrogens with one attached hydrogen (secondary N) is 1. The van der Waals surface area contributed by atoms with Gasteiger partial charge in [0.1, 0.15) is 12.4 Å². The van der Waals surface area contributed by atoms with Gasteiger partial charge in [-0.05, 0) is 0 Å². The van der Waals surface area contributed by atoms with E-state index in [4.69, 9.17) is 0 Å². The first-order valence-corrected chi connectivity index (χ1v) is 4.55. The number of H-pyrrole nitrogens is 1. The van der Waals surface area contributed by atoms with Gasteiger partial charge in [0.2, 0.25) is 6.33 Å². The number of aromatic amines is 1. The Kier molecular flexibility index (Phi) is 3.54. The maximum absolute atomic E-state index is 13.0. The molecule has 1 heterocycles. The molecule has 1 rings (SSSR count). The van der Waals surface area contributed by atoms with Crippen LogP contribution in [0.1, 0.15) is 0 Å². The number of imidazole rings is 1. The molecule has 0 aliphatic carbocycles. The summed E-state index contributed by atoms with van der Waals surface area (Å²) in [5.74, 6) is -19.0. The predicted octanol–water partition coefficient (Wildman–Crippen LogP) is 2.77. The van der Waals surface area contributed by atoms with Gasteiger partial charge >= 0.3 is 23.9 Å². The molecule has 1 aromatic rings. The summed E-state index contributed by atoms with van der Waals surface area (Å²) in [6.07, 6.45) is -4.32. The summed E-state index contributed by atoms with van der Waals surface area (Å²) >= 11 is 0. The van der Waals surface area contributed by atoms with Crippen molar-refractivity contribution in [2.75, 3.05) is 0 Å². The molecule has 1 N–H and O–H groups in total. The molecule has 0 unspecified atom stereocenters. The van der Waals surface area contributed by atoms with Crippen molar-refractivity contribution < 1.29 is 44.1 Å². The fourth-order valence-corrected chi connectivity index (χ4v) is 1.16. The first-order valence-electron chi connectivity index (χ1n) is 4.55. The molecule has 0 aromatic carbocycles. The van der Waals surface area contributed by atoms with Gasteiger partial charge in [-0.25, -0.2) is 4.57 Å². The van der Waals surface area contributed by atoms with Crippen molar-refractivity contribution in [3.63, 3.8) is 0 Å². The second kappa shape index (κ2) is 4.30. The third-order valence-electron chi connectivity index (χ3n) is 2.19. The van der Waals surface area contributed by atoms with Crippen molar-refractivity contribution in [3.8, 4) is 0 Å². The van der Waals surface area contributed by atoms with E-state index in [1.807, 2.05) is 0 Å². The van der Waals surface area contributed by atoms with E-state index < -0.39 is 30.5 Å². The van der Waals surface area contributed by atoms with Crippen LogP contribution < -0.4 is 4.57 Å². The second-order valence-corrected chi connectivity index (χ2v) is 3.63. The highest BCUT2D eigenvalue weighted by Crippen LogP contribution is 2.53. The Balaban J connectivity index is 3.10. The Morgan fingerprint density at radius 1 is 0.842 bits per heavy atom. The Morgan fingerprint density at radius 2 is 1.37 bits per heavy atom. The minimum atomic E-state index is -6.85. The molecule has 0 saturated heterocycles. The average Bonchev–Trinajstić information content (AvgIpc) is 2.67. The lowest BCUT2D eigenvalue weighted by Crippen LogP contribution is -2.64. The molecule has 0 aliphatic heterocycles. The maximum Gasteiger partial charge on any atom is 0.460 e. The molecule has 19 heavy (non-hydrogen) atoms. The molecule has 0 bridgehead atoms. The van der Waals surface area contributed by atoms with Gasteiger partial charge in [0.15, 0.2) is 6.54 Å². The summed E-state index contributed by atoms with van der Waals surface area (Å²) in [6.45, 7) is -2.03. The normalized spacial score (nSPS) is 14.8. The Morgan fingerprint density at radius 3 is 1.74 bits per heavy atom. The summed E-state index contributed by atoms with van der Waals surface area (Å²) in [5, 5.41) is 0. The molecule has 0 fully saturated rings. The lowest BCUT2D eigenvalue weighted by Gasteiger charge is -2.32. The Hall–Kier alpha value is -1.42. The average molecular weight is 301 g/mol. The molecule has 0 saturated carbocycles. The first kappa shape index (κ1) is 15.6. The second-order valence-electron chi connectivity index (χ2n) is 3.63. The van der Waals surface area contributed by atoms with Crippen LogP contribution in [0.2, 0.25) is 0 Å². The van der Waals surface area contributed by atoms with E-state index in [1.165, 1.54) is 0 Å². The number of alkyl halides is 9. The van der Waals surface area contributed by atoms with Crippen LogP contribution in [0.15, 0.2) is 18.7 Å². The lowest BCUT2D eigenvalue weighted by molar-refractivity contribution is -0.718. The number of nitrogens with zero attached hydrogens (tertiary/aromatic N) is 1. The van der Waals surface area contributed by atoms with Gasteiger partial charge in [-0.15, -0.1) is 0 Å². The molecule has 0 atom stereocenters. The van der Waals surface area contributed by atoms with Crippen molar-refractivity contribution in [1.82, 2.24) is 4.98 Å². The highest BCUT2D eigenvalue weighted by atomic mass is 19.4. The smallest absolute Gasteiger partial charge is 0.250 e. The van der Waals surface area contributed by atoms with E-state index in [2.05, 4.69) is 4.98 Å². The molecular weight excluding hydrogens is 295 g/mol. The van der Waals surface area contributed by atoms with E-state index in [0.717, 1.165) is 12.4 Å². The van der Waals surface area contributed by atoms with Crippen molar-refractivity contribution in [2.24, 2.45) is 0 Å². The van der Waals surface area contributed by atoms with Gasteiger partial charge in [0.05, 0.1) is 0 Å². The number of aromatic nitrogens is 2. The van der Waals surface area contributed by atoms with Crippen LogP contribution in [-0.2, 0) is 6.54 Å². The fourth-order valence-electron chi connectivity index (χ4n) is 1.16. The molecule has 0 radical (unpaired) electrons. The highest BCUT2D eigenvalue weighted by molar-refractivity contribution is 4.99. The van der Waals surface area contributed by atoms with Crippen LogP contribution in [-0.4, -0.2) is 28.9 Å². The van der Waals surface area contributed by atoms with E-state index in [-0.39, 0.29) is 0 Å². The largest absolute Gasteiger partial charge is 0.460 e. The summed E-state index contributed by atoms with van der Waals surface area (Å²) in [7, 11) is 0. The van der Waals surface area contributed by atoms with Gasteiger partial charge in [0, 0.05) is 0 Å². The zero-order chi connectivity index (χ0) is 15.1. The maximum atomic E-state index is 13.0. The summed E-state index contributed by atoms with van der Waals surface area (Å²) in [5.41, 5.74) is 0. The Bertz CT molecular complexity index is 420. The van der Waals surface area contributed by atoms with Crippen LogP contribution in [0, 0.1) is 0 Å². The quantitative estimate of drug-likeness (QED) is 0.652. The van der Waals surface area contributed by atoms with Crippen LogP contribution in [0.25, 0.3) is 0 Å². The first-order chi connectivity index (χ1) is 8.33. The number of hydrogen-bond donors (Lipinski definition) is 1. The van der Waals surface area contributed by atoms with E-state index >= 15 is 0 Å². The van der Waals surface area contributed by atoms with Gasteiger partial charge in [-0.2, -0.15) is 39.5 Å². The minimum Gasteiger partial charge on any atom is -0.250 e. The fraction of sp³-hybridized carbons (Fsp3) is 0.625. The van der Waals surface area contributed by atoms with Gasteiger partial charge in [-0.1, -0.05) is 0 Å². The van der Waals surface area contributed by atoms with Crippen LogP contribution in [0.3, 0.4) is 0 Å². The van der Waals surface area contributed by atoms with Crippen molar-refractivity contribution >= 4 is 0 Å². The number of hydrogen-bond acceptors (Lipinski definition) is 0. The summed E-state index contributed by atoms with van der Waals surface area (Å²) in [4.78, 5) is 2.15. The third kappa shape index (κ3) is 2.50. The third-order valence-corrected chi connectivity index (χ3v) is 2.19. The molecular formula is C8H6F9N2+. The minimum absolute atomic E-state index is 0.320. The van der Waals surface area contributed by atoms with Gasteiger partial charge in [-0.3, -0.25) is 4.98 Å². The van der Waals surface area contributed by atoms with Gasteiger partial charge < -0.3 is 0 Å². The highest BCUT2D eigenvalue weighted by Gasteiger charge is 2.82. The SMILES string of the molecule is FC(F)(F)C(F)(F)C(F)(F)C(F)(F)C[n+]1cc[nH]c1. The summed E-state index contributed by atoms with van der Waals surface area (Å²) in [6, 6.07) is 0. The monoisotopic (exact) mass is 301 g/mol. The molecule has 0 amide bonds. The van der Waals surface area contributed by atoms with Crippen molar-refractivity contribution in [2.45, 2.75) is 30.5 Å². The Labute approximate surface area is 99.4 Å². The van der Waals surface area contributed by atoms with E-state index in [9.17, 15) is 39.5 Å². The van der Waals surface area contributed by atoms with Crippen LogP contribution in [0.4, 0.5) is 39.5 Å². The topological polar surface area (TPSA) is 19.7 Å². The van der Waals surface area contributed by atoms with Crippen LogP contribution >= 0.6 is 0 Å². The van der Waals surface area contributed by atoms with Crippen molar-refractivity contribution in [1.29, 1.82) is 0 Å². The number of halogens is 9. The molecule has 2 nitrogen and oxygen atoms in total. The van der Waals surface area contributed by atoms with Crippen LogP contribution in [0.5, 0.6) is 0 Å². The van der Waals surface area contributed by atoms with E-state index in [1.54, 1.807) is 0 Å². The zero-order valence-electron chi connectivity index (χ0n) is 8.79. The van der Waals surface area contributed by atoms with Gasteiger partial charge in [0.25, 0.3) is 0 Å². The standard InChI is InChI=1S/C8H5F9N2/c9-5(10,3-19-2-1-18-4-19)6(11,12)7(13,14)8(15,16)17/h1-2,4H,3H2/p+1. The number of rotatable bonds is 4. The lowest BCUT2D eigenvalue weighted by atomic mass is 10.0. The molecule has 1 aromatic heterocycles. The predicted molar refractivity (Wildman–Crippen MR) is 41.9 cm³/mol.